The van der Waals surface area contributed by atoms with Crippen LogP contribution in [0.25, 0.3) is 32.9 Å². The third kappa shape index (κ3) is 12.2. The number of nitrogens with one attached hydrogen (secondary N) is 2. The summed E-state index contributed by atoms with van der Waals surface area (Å²) in [5.41, 5.74) is 2.21. The Morgan fingerprint density at radius 2 is 1.73 bits per heavy atom. The average molecular weight is 1080 g/mol. The number of imide groups is 1. The van der Waals surface area contributed by atoms with Crippen LogP contribution in [0.2, 0.25) is 0 Å². The zero-order valence-corrected chi connectivity index (χ0v) is 45.3. The van der Waals surface area contributed by atoms with E-state index in [0.717, 1.165) is 102 Å². The molecule has 0 bridgehead atoms. The van der Waals surface area contributed by atoms with Gasteiger partial charge in [0.15, 0.2) is 5.82 Å². The van der Waals surface area contributed by atoms with Crippen molar-refractivity contribution in [2.75, 3.05) is 89.5 Å². The lowest BCUT2D eigenvalue weighted by Gasteiger charge is -2.44. The molecule has 2 saturated heterocycles. The topological polar surface area (TPSA) is 206 Å². The van der Waals surface area contributed by atoms with E-state index >= 15 is 8.78 Å². The molecule has 9 rings (SSSR count). The Hall–Kier alpha value is -7.21. The van der Waals surface area contributed by atoms with E-state index in [0.29, 0.717) is 68.3 Å². The van der Waals surface area contributed by atoms with Crippen molar-refractivity contribution in [2.45, 2.75) is 103 Å². The Morgan fingerprint density at radius 1 is 0.987 bits per heavy atom. The molecule has 2 atom stereocenters. The molecule has 3 aliphatic heterocycles. The first-order chi connectivity index (χ1) is 37.8. The number of hydrogen-bond acceptors (Lipinski definition) is 15. The molecule has 0 spiro atoms. The highest BCUT2D eigenvalue weighted by Crippen LogP contribution is 2.47. The molecule has 1 saturated carbocycles. The highest BCUT2D eigenvalue weighted by atomic mass is 19.1. The number of piperazine rings is 1. The number of carbonyl (C=O) groups excluding carboxylic acids is 3. The summed E-state index contributed by atoms with van der Waals surface area (Å²) >= 11 is 0. The normalized spacial score (nSPS) is 17.2. The number of likely N-dealkylation sites (N-methyl/N-ethyl adjacent to an activating group) is 1. The number of piperidine rings is 1. The van der Waals surface area contributed by atoms with Gasteiger partial charge >= 0.3 is 6.01 Å². The number of ether oxygens (including phenoxy) is 2. The van der Waals surface area contributed by atoms with Gasteiger partial charge in [-0.25, -0.2) is 13.8 Å². The molecule has 3 amide bonds. The molecule has 0 radical (unpaired) electrons. The summed E-state index contributed by atoms with van der Waals surface area (Å²) in [5.74, 6) is 0.643. The monoisotopic (exact) mass is 1070 g/mol. The van der Waals surface area contributed by atoms with Gasteiger partial charge in [-0.3, -0.25) is 29.4 Å². The van der Waals surface area contributed by atoms with Crippen LogP contribution in [0.4, 0.5) is 20.3 Å². The average Bonchev–Trinajstić information content (AvgIpc) is 4.22. The summed E-state index contributed by atoms with van der Waals surface area (Å²) in [4.78, 5) is 71.2. The molecule has 20 heteroatoms. The molecule has 5 aromatic rings. The molecule has 416 valence electrons. The fourth-order valence-corrected chi connectivity index (χ4v) is 11.4. The molecule has 2 aromatic heterocycles. The molecular weight excluding hydrogens is 1000 g/mol. The molecule has 2 unspecified atom stereocenters. The van der Waals surface area contributed by atoms with E-state index < -0.39 is 23.6 Å². The number of carbonyl (C=O) groups is 4. The maximum absolute atomic E-state index is 17.6. The minimum absolute atomic E-state index is 0.0317. The van der Waals surface area contributed by atoms with Crippen molar-refractivity contribution >= 4 is 57.9 Å². The standard InChI is InChI=1S/C57H70F2N10O6.CH2O2/c1-7-11-21-68(32-38(9-3)60-5)52-48-51(49(59)50(62-54(48)74-6)44-30-41(71)29-36-13-16-45(58)42(10-4)47(36)44)63-56(64-52)75-34-57(19-20-57)33-65-24-26-67(27-25-65)39-17-22-66(23-18-39)40-14-15-43-37(28-40)31-69(55(43)73)46(12-8-2)53(72)61-35-70;2-1-3/h4,13-16,28-30,35,38-39,46,60,71H,7-9,11-12,17-27,31-34H2,1-3,5-6H3,(H,61,70,72);1H,(H,2,3). The second kappa shape index (κ2) is 25.5. The Labute approximate surface area is 454 Å². The SMILES string of the molecule is C#Cc1c(F)ccc2cc(O)cc(-c3nc(OC)c4c(N(CCCC)CC(CC)NC)nc(OCC5(CN6CCN(C7CCN(c8ccc9c(c8)CN(C(CCC)C(=O)NC=O)C9=O)CC7)CC6)CC5)nc4c3F)c12.O=CO. The van der Waals surface area contributed by atoms with Gasteiger partial charge in [-0.15, -0.1) is 6.42 Å². The number of hydrogen-bond donors (Lipinski definition) is 4. The number of pyridine rings is 1. The number of aromatic hydroxyl groups is 1. The van der Waals surface area contributed by atoms with Crippen molar-refractivity contribution in [1.29, 1.82) is 0 Å². The second-order valence-corrected chi connectivity index (χ2v) is 20.8. The van der Waals surface area contributed by atoms with Gasteiger partial charge in [-0.05, 0) is 99.3 Å². The van der Waals surface area contributed by atoms with Crippen LogP contribution in [0, 0.1) is 29.4 Å². The largest absolute Gasteiger partial charge is 0.508 e. The van der Waals surface area contributed by atoms with Crippen LogP contribution in [0.15, 0.2) is 42.5 Å². The van der Waals surface area contributed by atoms with Gasteiger partial charge in [0.1, 0.15) is 40.0 Å². The van der Waals surface area contributed by atoms with Crippen LogP contribution >= 0.6 is 0 Å². The Morgan fingerprint density at radius 3 is 2.37 bits per heavy atom. The lowest BCUT2D eigenvalue weighted by molar-refractivity contribution is -0.129. The quantitative estimate of drug-likeness (QED) is 0.0408. The summed E-state index contributed by atoms with van der Waals surface area (Å²) < 4.78 is 45.3. The molecule has 78 heavy (non-hydrogen) atoms. The molecular formula is C58H72F2N10O8. The lowest BCUT2D eigenvalue weighted by atomic mass is 9.95. The number of amides is 3. The van der Waals surface area contributed by atoms with Crippen LogP contribution in [0.3, 0.4) is 0 Å². The Balaban J connectivity index is 0.00000262. The van der Waals surface area contributed by atoms with Crippen LogP contribution < -0.4 is 29.9 Å². The van der Waals surface area contributed by atoms with Gasteiger partial charge in [0.05, 0.1) is 19.3 Å². The lowest BCUT2D eigenvalue weighted by Crippen LogP contribution is -2.54. The zero-order valence-electron chi connectivity index (χ0n) is 45.3. The predicted octanol–water partition coefficient (Wildman–Crippen LogP) is 6.97. The number of benzene rings is 3. The first-order valence-corrected chi connectivity index (χ1v) is 27.2. The number of aromatic nitrogens is 3. The Bertz CT molecular complexity index is 3020. The first-order valence-electron chi connectivity index (χ1n) is 27.2. The zero-order chi connectivity index (χ0) is 55.7. The van der Waals surface area contributed by atoms with Crippen LogP contribution in [0.1, 0.15) is 100 Å². The molecule has 18 nitrogen and oxygen atoms in total. The van der Waals surface area contributed by atoms with Gasteiger partial charge in [0.25, 0.3) is 12.4 Å². The number of carboxylic acid groups (broad SMARTS) is 1. The molecule has 4 aliphatic rings. The number of unbranched alkanes of at least 4 members (excludes halogenated alkanes) is 1. The number of anilines is 2. The van der Waals surface area contributed by atoms with E-state index in [-0.39, 0.29) is 74.6 Å². The fraction of sp³-hybridized carbons (Fsp3) is 0.500. The number of halogens is 2. The third-order valence-corrected chi connectivity index (χ3v) is 15.9. The fourth-order valence-electron chi connectivity index (χ4n) is 11.4. The van der Waals surface area contributed by atoms with Gasteiger partial charge in [0.2, 0.25) is 18.2 Å². The smallest absolute Gasteiger partial charge is 0.319 e. The minimum atomic E-state index is -0.811. The van der Waals surface area contributed by atoms with Crippen molar-refractivity contribution in [2.24, 2.45) is 5.41 Å². The number of fused-ring (bicyclic) bond motifs is 3. The summed E-state index contributed by atoms with van der Waals surface area (Å²) in [5, 5.41) is 24.3. The van der Waals surface area contributed by atoms with Gasteiger partial charge in [-0.2, -0.15) is 9.97 Å². The number of phenolic OH excluding ortho intramolecular Hbond substituents is 1. The second-order valence-electron chi connectivity index (χ2n) is 20.8. The predicted molar refractivity (Wildman–Crippen MR) is 295 cm³/mol. The molecule has 3 aromatic carbocycles. The van der Waals surface area contributed by atoms with Gasteiger partial charge in [0, 0.05) is 105 Å². The highest BCUT2D eigenvalue weighted by Gasteiger charge is 2.46. The van der Waals surface area contributed by atoms with Crippen LogP contribution in [-0.4, -0.2) is 162 Å². The van der Waals surface area contributed by atoms with Crippen LogP contribution in [-0.2, 0) is 20.9 Å². The van der Waals surface area contributed by atoms with E-state index in [1.807, 2.05) is 26.1 Å². The molecule has 1 aliphatic carbocycles. The van der Waals surface area contributed by atoms with E-state index in [2.05, 4.69) is 56.1 Å². The van der Waals surface area contributed by atoms with E-state index in [1.165, 1.54) is 31.4 Å². The minimum Gasteiger partial charge on any atom is -0.508 e. The van der Waals surface area contributed by atoms with Crippen molar-refractivity contribution < 1.29 is 47.6 Å². The summed E-state index contributed by atoms with van der Waals surface area (Å²) in [6.45, 7) is 14.3. The summed E-state index contributed by atoms with van der Waals surface area (Å²) in [6, 6.07) is 11.4. The maximum Gasteiger partial charge on any atom is 0.319 e. The summed E-state index contributed by atoms with van der Waals surface area (Å²) in [6.07, 6.45) is 14.0. The number of terminal acetylenes is 1. The number of rotatable bonds is 22. The van der Waals surface area contributed by atoms with Crippen molar-refractivity contribution in [1.82, 2.24) is 40.3 Å². The third-order valence-electron chi connectivity index (χ3n) is 15.9. The highest BCUT2D eigenvalue weighted by molar-refractivity contribution is 6.05. The van der Waals surface area contributed by atoms with E-state index in [1.54, 1.807) is 4.90 Å². The summed E-state index contributed by atoms with van der Waals surface area (Å²) in [7, 11) is 3.37. The number of nitrogens with zero attached hydrogens (tertiary/aromatic N) is 8. The van der Waals surface area contributed by atoms with Gasteiger partial charge < -0.3 is 44.6 Å². The number of phenols is 1. The van der Waals surface area contributed by atoms with Crippen molar-refractivity contribution in [3.05, 3.63) is 70.8 Å². The number of methoxy groups -OCH3 is 1. The van der Waals surface area contributed by atoms with Crippen molar-refractivity contribution in [3.63, 3.8) is 0 Å². The van der Waals surface area contributed by atoms with Gasteiger partial charge in [-0.1, -0.05) is 45.6 Å². The maximum atomic E-state index is 17.6. The first kappa shape index (κ1) is 57.0. The molecule has 4 N–H and O–H groups in total. The Kier molecular flexibility index (Phi) is 18.6. The van der Waals surface area contributed by atoms with E-state index in [4.69, 9.17) is 40.8 Å². The van der Waals surface area contributed by atoms with E-state index in [9.17, 15) is 19.5 Å². The molecule has 3 fully saturated rings. The van der Waals surface area contributed by atoms with Crippen molar-refractivity contribution in [3.8, 4) is 41.2 Å². The molecule has 5 heterocycles. The van der Waals surface area contributed by atoms with Crippen LogP contribution in [0.5, 0.6) is 17.6 Å².